The van der Waals surface area contributed by atoms with Crippen molar-refractivity contribution in [1.82, 2.24) is 8.10 Å². The summed E-state index contributed by atoms with van der Waals surface area (Å²) in [6.07, 6.45) is 6.05. The number of rotatable bonds is 3. The van der Waals surface area contributed by atoms with Crippen molar-refractivity contribution in [2.75, 3.05) is 13.6 Å². The molecule has 0 saturated heterocycles. The molecule has 0 unspecified atom stereocenters. The van der Waals surface area contributed by atoms with Gasteiger partial charge < -0.3 is 0 Å². The fourth-order valence-electron chi connectivity index (χ4n) is 1.44. The molecular formula is C15H12I2N2S. The first-order valence-corrected chi connectivity index (χ1v) is 8.75. The first-order chi connectivity index (χ1) is 9.63. The smallest absolute Gasteiger partial charge is 0.101 e. The number of aromatic nitrogens is 1. The fourth-order valence-corrected chi connectivity index (χ4v) is 2.92. The van der Waals surface area contributed by atoms with Gasteiger partial charge in [-0.1, -0.05) is 17.9 Å². The van der Waals surface area contributed by atoms with Gasteiger partial charge in [-0.25, -0.2) is 3.11 Å². The minimum atomic E-state index is 0.777. The number of hydrogen-bond acceptors (Lipinski definition) is 3. The molecule has 0 fully saturated rings. The van der Waals surface area contributed by atoms with Crippen LogP contribution in [0.2, 0.25) is 0 Å². The molecule has 0 bridgehead atoms. The molecule has 2 heterocycles. The van der Waals surface area contributed by atoms with Crippen molar-refractivity contribution >= 4 is 68.9 Å². The molecule has 0 atom stereocenters. The van der Waals surface area contributed by atoms with E-state index in [0.29, 0.717) is 0 Å². The highest BCUT2D eigenvalue weighted by molar-refractivity contribution is 14.1. The zero-order valence-corrected chi connectivity index (χ0v) is 15.9. The van der Waals surface area contributed by atoms with Crippen LogP contribution in [0.15, 0.2) is 30.5 Å². The van der Waals surface area contributed by atoms with Gasteiger partial charge in [0.2, 0.25) is 0 Å². The Kier molecular flexibility index (Phi) is 6.48. The normalized spacial score (nSPS) is 10.8. The topological polar surface area (TPSA) is 16.1 Å². The Morgan fingerprint density at radius 2 is 2.20 bits per heavy atom. The van der Waals surface area contributed by atoms with E-state index in [1.165, 1.54) is 4.88 Å². The molecule has 2 aromatic rings. The van der Waals surface area contributed by atoms with Crippen LogP contribution in [-0.2, 0) is 0 Å². The molecule has 0 amide bonds. The van der Waals surface area contributed by atoms with Gasteiger partial charge in [-0.05, 0) is 65.5 Å². The zero-order valence-electron chi connectivity index (χ0n) is 10.8. The summed E-state index contributed by atoms with van der Waals surface area (Å²) in [7, 11) is 2.01. The molecule has 0 aliphatic carbocycles. The van der Waals surface area contributed by atoms with Gasteiger partial charge in [0.05, 0.1) is 11.4 Å². The third kappa shape index (κ3) is 5.52. The lowest BCUT2D eigenvalue weighted by atomic mass is 10.2. The number of halogens is 2. The van der Waals surface area contributed by atoms with E-state index in [2.05, 4.69) is 92.6 Å². The molecule has 0 spiro atoms. The van der Waals surface area contributed by atoms with Crippen molar-refractivity contribution in [3.8, 4) is 11.8 Å². The largest absolute Gasteiger partial charge is 0.250 e. The Labute approximate surface area is 150 Å². The highest BCUT2D eigenvalue weighted by Crippen LogP contribution is 2.18. The third-order valence-corrected chi connectivity index (χ3v) is 4.22. The standard InChI is InChI=1S/C15H12I2N2S/c1-19(17)10-2-3-13-6-7-14(20-13)5-4-12-8-9-18-15(16)11-12/h4-9,11H,10H2,1H3/b5-4+. The SMILES string of the molecule is CN(I)CC#Cc1ccc(/C=C/c2ccnc(I)c2)s1. The maximum absolute atomic E-state index is 4.18. The molecular weight excluding hydrogens is 494 g/mol. The molecule has 0 aliphatic rings. The van der Waals surface area contributed by atoms with Gasteiger partial charge >= 0.3 is 0 Å². The second kappa shape index (κ2) is 8.12. The van der Waals surface area contributed by atoms with Crippen molar-refractivity contribution in [3.05, 3.63) is 49.5 Å². The van der Waals surface area contributed by atoms with Gasteiger partial charge in [-0.15, -0.1) is 11.3 Å². The molecule has 102 valence electrons. The summed E-state index contributed by atoms with van der Waals surface area (Å²) in [6, 6.07) is 8.23. The maximum Gasteiger partial charge on any atom is 0.101 e. The average molecular weight is 506 g/mol. The van der Waals surface area contributed by atoms with Gasteiger partial charge in [-0.2, -0.15) is 0 Å². The van der Waals surface area contributed by atoms with Gasteiger partial charge in [0.15, 0.2) is 0 Å². The van der Waals surface area contributed by atoms with Crippen LogP contribution in [-0.4, -0.2) is 21.7 Å². The Morgan fingerprint density at radius 1 is 1.35 bits per heavy atom. The number of nitrogens with zero attached hydrogens (tertiary/aromatic N) is 2. The number of thiophene rings is 1. The summed E-state index contributed by atoms with van der Waals surface area (Å²) in [5.41, 5.74) is 1.16. The fraction of sp³-hybridized carbons (Fsp3) is 0.133. The van der Waals surface area contributed by atoms with Crippen molar-refractivity contribution in [2.45, 2.75) is 0 Å². The number of pyridine rings is 1. The Balaban J connectivity index is 2.03. The predicted molar refractivity (Wildman–Crippen MR) is 104 cm³/mol. The molecule has 0 radical (unpaired) electrons. The van der Waals surface area contributed by atoms with Crippen LogP contribution in [0, 0.1) is 15.5 Å². The first kappa shape index (κ1) is 15.9. The van der Waals surface area contributed by atoms with Gasteiger partial charge in [0, 0.05) is 33.9 Å². The highest BCUT2D eigenvalue weighted by atomic mass is 127. The highest BCUT2D eigenvalue weighted by Gasteiger charge is 1.95. The van der Waals surface area contributed by atoms with E-state index in [-0.39, 0.29) is 0 Å². The van der Waals surface area contributed by atoms with Crippen LogP contribution in [0.3, 0.4) is 0 Å². The lowest BCUT2D eigenvalue weighted by molar-refractivity contribution is 0.699. The zero-order chi connectivity index (χ0) is 14.4. The van der Waals surface area contributed by atoms with Crippen LogP contribution in [0.1, 0.15) is 15.3 Å². The molecule has 0 aromatic carbocycles. The Morgan fingerprint density at radius 3 is 2.95 bits per heavy atom. The second-order valence-electron chi connectivity index (χ2n) is 4.01. The van der Waals surface area contributed by atoms with E-state index in [0.717, 1.165) is 20.7 Å². The minimum absolute atomic E-state index is 0.777. The van der Waals surface area contributed by atoms with Crippen molar-refractivity contribution < 1.29 is 0 Å². The van der Waals surface area contributed by atoms with E-state index < -0.39 is 0 Å². The molecule has 0 N–H and O–H groups in total. The Bertz CT molecular complexity index is 666. The quantitative estimate of drug-likeness (QED) is 0.263. The molecule has 0 saturated carbocycles. The van der Waals surface area contributed by atoms with E-state index in [9.17, 15) is 0 Å². The maximum atomic E-state index is 4.18. The molecule has 5 heteroatoms. The van der Waals surface area contributed by atoms with Crippen LogP contribution >= 0.6 is 56.8 Å². The summed E-state index contributed by atoms with van der Waals surface area (Å²) in [4.78, 5) is 6.50. The molecule has 0 aliphatic heterocycles. The molecule has 2 nitrogen and oxygen atoms in total. The second-order valence-corrected chi connectivity index (χ2v) is 7.88. The lowest BCUT2D eigenvalue weighted by Gasteiger charge is -1.96. The van der Waals surface area contributed by atoms with E-state index in [1.807, 2.05) is 22.4 Å². The van der Waals surface area contributed by atoms with Crippen LogP contribution < -0.4 is 0 Å². The predicted octanol–water partition coefficient (Wildman–Crippen LogP) is 4.55. The van der Waals surface area contributed by atoms with E-state index >= 15 is 0 Å². The summed E-state index contributed by atoms with van der Waals surface area (Å²) in [5.74, 6) is 6.32. The first-order valence-electron chi connectivity index (χ1n) is 5.89. The lowest BCUT2D eigenvalue weighted by Crippen LogP contribution is -2.02. The third-order valence-electron chi connectivity index (χ3n) is 2.33. The average Bonchev–Trinajstić information content (AvgIpc) is 2.84. The van der Waals surface area contributed by atoms with Gasteiger partial charge in [-0.3, -0.25) is 4.98 Å². The summed E-state index contributed by atoms with van der Waals surface area (Å²) in [5, 5.41) is 0. The van der Waals surface area contributed by atoms with Gasteiger partial charge in [0.25, 0.3) is 0 Å². The van der Waals surface area contributed by atoms with Crippen molar-refractivity contribution in [1.29, 1.82) is 0 Å². The summed E-state index contributed by atoms with van der Waals surface area (Å²) in [6.45, 7) is 0.777. The van der Waals surface area contributed by atoms with E-state index in [1.54, 1.807) is 11.3 Å². The molecule has 2 aromatic heterocycles. The summed E-state index contributed by atoms with van der Waals surface area (Å²) >= 11 is 6.16. The number of hydrogen-bond donors (Lipinski definition) is 0. The molecule has 2 rings (SSSR count). The summed E-state index contributed by atoms with van der Waals surface area (Å²) < 4.78 is 3.04. The monoisotopic (exact) mass is 506 g/mol. The Hall–Kier alpha value is -0.430. The van der Waals surface area contributed by atoms with Crippen LogP contribution in [0.25, 0.3) is 12.2 Å². The molecule has 20 heavy (non-hydrogen) atoms. The van der Waals surface area contributed by atoms with E-state index in [4.69, 9.17) is 0 Å². The van der Waals surface area contributed by atoms with Gasteiger partial charge in [0.1, 0.15) is 3.70 Å². The van der Waals surface area contributed by atoms with Crippen molar-refractivity contribution in [2.24, 2.45) is 0 Å². The van der Waals surface area contributed by atoms with Crippen molar-refractivity contribution in [3.63, 3.8) is 0 Å². The minimum Gasteiger partial charge on any atom is -0.250 e. The van der Waals surface area contributed by atoms with Crippen LogP contribution in [0.5, 0.6) is 0 Å². The van der Waals surface area contributed by atoms with Crippen LogP contribution in [0.4, 0.5) is 0 Å².